The van der Waals surface area contributed by atoms with Gasteiger partial charge in [-0.05, 0) is 62.9 Å². The van der Waals surface area contributed by atoms with E-state index in [-0.39, 0.29) is 0 Å². The minimum Gasteiger partial charge on any atom is -0.399 e. The van der Waals surface area contributed by atoms with Crippen LogP contribution in [0.2, 0.25) is 0 Å². The zero-order valence-corrected chi connectivity index (χ0v) is 12.3. The van der Waals surface area contributed by atoms with E-state index >= 15 is 0 Å². The molecule has 1 atom stereocenters. The summed E-state index contributed by atoms with van der Waals surface area (Å²) >= 11 is 5.06. The van der Waals surface area contributed by atoms with Gasteiger partial charge in [0.05, 0.1) is 15.7 Å². The van der Waals surface area contributed by atoms with Gasteiger partial charge in [-0.2, -0.15) is 11.3 Å². The molecule has 0 amide bonds. The van der Waals surface area contributed by atoms with Crippen LogP contribution in [-0.2, 0) is 17.2 Å². The van der Waals surface area contributed by atoms with Crippen molar-refractivity contribution in [3.8, 4) is 0 Å². The van der Waals surface area contributed by atoms with E-state index in [2.05, 4.69) is 27.4 Å². The maximum Gasteiger partial charge on any atom is 0.0544 e. The maximum atomic E-state index is 12.1. The number of anilines is 1. The highest BCUT2D eigenvalue weighted by molar-refractivity contribution is 9.10. The standard InChI is InChI=1S/C12H12BrNOS2/c13-11-7-10(14)1-2-12(11)17(15)6-4-9-3-5-16-8-9/h1-3,5,7-8H,4,6,14H2. The van der Waals surface area contributed by atoms with Crippen molar-refractivity contribution < 1.29 is 4.21 Å². The molecule has 1 heterocycles. The molecule has 2 nitrogen and oxygen atoms in total. The third-order valence-electron chi connectivity index (χ3n) is 2.36. The van der Waals surface area contributed by atoms with Crippen molar-refractivity contribution in [2.45, 2.75) is 11.3 Å². The molecular formula is C12H12BrNOS2. The second-order valence-electron chi connectivity index (χ2n) is 3.62. The summed E-state index contributed by atoms with van der Waals surface area (Å²) in [5.74, 6) is 0.638. The maximum absolute atomic E-state index is 12.1. The van der Waals surface area contributed by atoms with Crippen LogP contribution in [0.1, 0.15) is 5.56 Å². The van der Waals surface area contributed by atoms with Gasteiger partial charge in [-0.15, -0.1) is 0 Å². The number of nitrogen functional groups attached to an aromatic ring is 1. The van der Waals surface area contributed by atoms with E-state index in [9.17, 15) is 4.21 Å². The van der Waals surface area contributed by atoms with Crippen LogP contribution in [0.3, 0.4) is 0 Å². The van der Waals surface area contributed by atoms with E-state index < -0.39 is 10.8 Å². The molecule has 1 aromatic carbocycles. The number of rotatable bonds is 4. The van der Waals surface area contributed by atoms with Crippen LogP contribution in [-0.4, -0.2) is 9.96 Å². The minimum absolute atomic E-state index is 0.638. The van der Waals surface area contributed by atoms with E-state index in [1.54, 1.807) is 23.5 Å². The normalized spacial score (nSPS) is 12.5. The van der Waals surface area contributed by atoms with Crippen molar-refractivity contribution in [3.63, 3.8) is 0 Å². The second kappa shape index (κ2) is 5.80. The third-order valence-corrected chi connectivity index (χ3v) is 5.43. The largest absolute Gasteiger partial charge is 0.399 e. The summed E-state index contributed by atoms with van der Waals surface area (Å²) in [5.41, 5.74) is 7.57. The minimum atomic E-state index is -0.986. The van der Waals surface area contributed by atoms with E-state index in [1.807, 2.05) is 11.4 Å². The predicted octanol–water partition coefficient (Wildman–Crippen LogP) is 3.44. The SMILES string of the molecule is Nc1ccc(S(=O)CCc2ccsc2)c(Br)c1. The Morgan fingerprint density at radius 3 is 2.82 bits per heavy atom. The Morgan fingerprint density at radius 1 is 1.35 bits per heavy atom. The number of hydrogen-bond acceptors (Lipinski definition) is 3. The Bertz CT molecular complexity index is 525. The third kappa shape index (κ3) is 3.40. The van der Waals surface area contributed by atoms with Crippen LogP contribution in [0, 0.1) is 0 Å². The smallest absolute Gasteiger partial charge is 0.0544 e. The zero-order chi connectivity index (χ0) is 12.3. The summed E-state index contributed by atoms with van der Waals surface area (Å²) in [6.45, 7) is 0. The van der Waals surface area contributed by atoms with Crippen molar-refractivity contribution >= 4 is 43.8 Å². The summed E-state index contributed by atoms with van der Waals surface area (Å²) in [6.07, 6.45) is 0.840. The van der Waals surface area contributed by atoms with Gasteiger partial charge in [0.25, 0.3) is 0 Å². The van der Waals surface area contributed by atoms with Crippen molar-refractivity contribution in [1.29, 1.82) is 0 Å². The molecule has 0 fully saturated rings. The van der Waals surface area contributed by atoms with Crippen LogP contribution >= 0.6 is 27.3 Å². The van der Waals surface area contributed by atoms with Gasteiger partial charge in [-0.1, -0.05) is 0 Å². The molecular weight excluding hydrogens is 318 g/mol. The van der Waals surface area contributed by atoms with Crippen LogP contribution in [0.4, 0.5) is 5.69 Å². The highest BCUT2D eigenvalue weighted by Gasteiger charge is 2.08. The molecule has 17 heavy (non-hydrogen) atoms. The molecule has 5 heteroatoms. The van der Waals surface area contributed by atoms with Gasteiger partial charge in [0.15, 0.2) is 0 Å². The Hall–Kier alpha value is -0.650. The summed E-state index contributed by atoms with van der Waals surface area (Å²) in [4.78, 5) is 0.814. The summed E-state index contributed by atoms with van der Waals surface area (Å²) in [7, 11) is -0.986. The molecule has 90 valence electrons. The molecule has 1 unspecified atom stereocenters. The lowest BCUT2D eigenvalue weighted by molar-refractivity contribution is 0.682. The fourth-order valence-electron chi connectivity index (χ4n) is 1.46. The lowest BCUT2D eigenvalue weighted by Gasteiger charge is -2.05. The zero-order valence-electron chi connectivity index (χ0n) is 9.06. The van der Waals surface area contributed by atoms with Gasteiger partial charge in [0.2, 0.25) is 0 Å². The van der Waals surface area contributed by atoms with E-state index in [0.717, 1.165) is 15.8 Å². The Labute approximate surface area is 115 Å². The molecule has 0 spiro atoms. The van der Waals surface area contributed by atoms with Gasteiger partial charge in [0.1, 0.15) is 0 Å². The average molecular weight is 330 g/mol. The van der Waals surface area contributed by atoms with Crippen LogP contribution < -0.4 is 5.73 Å². The van der Waals surface area contributed by atoms with E-state index in [0.29, 0.717) is 11.4 Å². The quantitative estimate of drug-likeness (QED) is 0.873. The molecule has 0 aliphatic carbocycles. The molecule has 0 aliphatic rings. The van der Waals surface area contributed by atoms with Gasteiger partial charge >= 0.3 is 0 Å². The predicted molar refractivity (Wildman–Crippen MR) is 77.9 cm³/mol. The van der Waals surface area contributed by atoms with Crippen molar-refractivity contribution in [1.82, 2.24) is 0 Å². The molecule has 0 saturated carbocycles. The lowest BCUT2D eigenvalue weighted by atomic mass is 10.3. The Balaban J connectivity index is 2.04. The number of thiophene rings is 1. The molecule has 0 bridgehead atoms. The van der Waals surface area contributed by atoms with Crippen LogP contribution in [0.15, 0.2) is 44.4 Å². The topological polar surface area (TPSA) is 43.1 Å². The summed E-state index contributed by atoms with van der Waals surface area (Å²) in [5, 5.41) is 4.13. The van der Waals surface area contributed by atoms with Crippen molar-refractivity contribution in [2.75, 3.05) is 11.5 Å². The first-order valence-corrected chi connectivity index (χ1v) is 8.17. The molecule has 2 aromatic rings. The van der Waals surface area contributed by atoms with Gasteiger partial charge in [-0.25, -0.2) is 0 Å². The van der Waals surface area contributed by atoms with E-state index in [1.165, 1.54) is 5.56 Å². The molecule has 1 aromatic heterocycles. The van der Waals surface area contributed by atoms with Gasteiger partial charge in [-0.3, -0.25) is 4.21 Å². The highest BCUT2D eigenvalue weighted by atomic mass is 79.9. The first kappa shape index (κ1) is 12.8. The van der Waals surface area contributed by atoms with Crippen molar-refractivity contribution in [2.24, 2.45) is 0 Å². The fourth-order valence-corrected chi connectivity index (χ4v) is 4.24. The van der Waals surface area contributed by atoms with Gasteiger partial charge in [0, 0.05) is 15.9 Å². The lowest BCUT2D eigenvalue weighted by Crippen LogP contribution is -2.02. The highest BCUT2D eigenvalue weighted by Crippen LogP contribution is 2.23. The summed E-state index contributed by atoms with van der Waals surface area (Å²) in [6, 6.07) is 7.46. The number of nitrogens with two attached hydrogens (primary N) is 1. The second-order valence-corrected chi connectivity index (χ2v) is 6.79. The molecule has 0 saturated heterocycles. The number of aryl methyl sites for hydroxylation is 1. The first-order valence-electron chi connectivity index (χ1n) is 5.11. The molecule has 2 rings (SSSR count). The van der Waals surface area contributed by atoms with Gasteiger partial charge < -0.3 is 5.73 Å². The molecule has 0 radical (unpaired) electrons. The first-order chi connectivity index (χ1) is 8.16. The fraction of sp³-hybridized carbons (Fsp3) is 0.167. The van der Waals surface area contributed by atoms with Crippen molar-refractivity contribution in [3.05, 3.63) is 45.1 Å². The van der Waals surface area contributed by atoms with Crippen LogP contribution in [0.5, 0.6) is 0 Å². The summed E-state index contributed by atoms with van der Waals surface area (Å²) < 4.78 is 12.9. The Morgan fingerprint density at radius 2 is 2.18 bits per heavy atom. The number of benzene rings is 1. The number of hydrogen-bond donors (Lipinski definition) is 1. The van der Waals surface area contributed by atoms with E-state index in [4.69, 9.17) is 5.73 Å². The average Bonchev–Trinajstić information content (AvgIpc) is 2.78. The van der Waals surface area contributed by atoms with Crippen LogP contribution in [0.25, 0.3) is 0 Å². The monoisotopic (exact) mass is 329 g/mol. The number of halogens is 1. The molecule has 2 N–H and O–H groups in total. The molecule has 0 aliphatic heterocycles. The Kier molecular flexibility index (Phi) is 4.36.